The number of hydrogen-bond acceptors (Lipinski definition) is 8. The van der Waals surface area contributed by atoms with Crippen molar-refractivity contribution in [3.8, 4) is 0 Å². The van der Waals surface area contributed by atoms with Crippen LogP contribution in [0.2, 0.25) is 0 Å². The molecule has 0 aromatic carbocycles. The van der Waals surface area contributed by atoms with Gasteiger partial charge in [0.25, 0.3) is 0 Å². The Hall–Kier alpha value is -0.770. The highest BCUT2D eigenvalue weighted by molar-refractivity contribution is 5.69. The number of aliphatic hydroxyl groups excluding tert-OH is 1. The average molecular weight is 633 g/mol. The van der Waals surface area contributed by atoms with E-state index < -0.39 is 6.10 Å². The molecule has 6 atom stereocenters. The predicted octanol–water partition coefficient (Wildman–Crippen LogP) is 8.20. The van der Waals surface area contributed by atoms with E-state index in [0.717, 1.165) is 12.8 Å². The Morgan fingerprint density at radius 2 is 0.750 bits per heavy atom. The topological polar surface area (TPSA) is 92.7 Å². The molecule has 0 aliphatic rings. The maximum Gasteiger partial charge on any atom is 0.305 e. The standard InChI is InChI=1S/C36H72O8/c1-8-9-10-11-12-13-14-15-16-17-18-19-20-21-22-23-36(38)44-29-35(7)43-28-34(6)42-27-33(5)41-26-32(4)40-25-31(3)39-24-30(2)37/h30-35,37H,8-29H2,1-7H3. The SMILES string of the molecule is CCCCCCCCCCCCCCCCCC(=O)OCC(C)OCC(C)OCC(C)OCC(C)OCC(C)OCC(C)O. The molecule has 0 aromatic rings. The summed E-state index contributed by atoms with van der Waals surface area (Å²) in [7, 11) is 0. The lowest BCUT2D eigenvalue weighted by molar-refractivity contribution is -0.149. The molecule has 0 heterocycles. The molecular weight excluding hydrogens is 560 g/mol. The summed E-state index contributed by atoms with van der Waals surface area (Å²) in [6.07, 6.45) is 19.2. The van der Waals surface area contributed by atoms with E-state index in [0.29, 0.717) is 39.5 Å². The molecule has 0 radical (unpaired) electrons. The molecular formula is C36H72O8. The molecule has 0 spiro atoms. The lowest BCUT2D eigenvalue weighted by atomic mass is 10.0. The summed E-state index contributed by atoms with van der Waals surface area (Å²) in [6, 6.07) is 0. The molecule has 0 rings (SSSR count). The molecule has 0 bridgehead atoms. The van der Waals surface area contributed by atoms with Gasteiger partial charge in [-0.05, 0) is 48.0 Å². The van der Waals surface area contributed by atoms with Gasteiger partial charge in [-0.3, -0.25) is 4.79 Å². The van der Waals surface area contributed by atoms with Crippen molar-refractivity contribution in [3.63, 3.8) is 0 Å². The first-order chi connectivity index (χ1) is 21.1. The molecule has 8 heteroatoms. The smallest absolute Gasteiger partial charge is 0.305 e. The van der Waals surface area contributed by atoms with Crippen LogP contribution in [-0.2, 0) is 33.2 Å². The van der Waals surface area contributed by atoms with Gasteiger partial charge in [0.05, 0.1) is 69.7 Å². The number of esters is 1. The molecule has 0 fully saturated rings. The number of unbranched alkanes of at least 4 members (excludes halogenated alkanes) is 14. The maximum atomic E-state index is 12.1. The van der Waals surface area contributed by atoms with Gasteiger partial charge in [-0.25, -0.2) is 0 Å². The third kappa shape index (κ3) is 31.2. The van der Waals surface area contributed by atoms with E-state index in [4.69, 9.17) is 28.4 Å². The van der Waals surface area contributed by atoms with E-state index in [1.165, 1.54) is 83.5 Å². The van der Waals surface area contributed by atoms with Crippen LogP contribution < -0.4 is 0 Å². The number of ether oxygens (including phenoxy) is 6. The fourth-order valence-corrected chi connectivity index (χ4v) is 4.67. The van der Waals surface area contributed by atoms with Crippen LogP contribution in [0.3, 0.4) is 0 Å². The van der Waals surface area contributed by atoms with Crippen molar-refractivity contribution in [2.24, 2.45) is 0 Å². The van der Waals surface area contributed by atoms with Crippen molar-refractivity contribution < 1.29 is 38.3 Å². The Bertz CT molecular complexity index is 617. The van der Waals surface area contributed by atoms with Crippen molar-refractivity contribution in [1.29, 1.82) is 0 Å². The van der Waals surface area contributed by atoms with Crippen LogP contribution in [-0.4, -0.2) is 87.3 Å². The van der Waals surface area contributed by atoms with Gasteiger partial charge in [0.1, 0.15) is 6.61 Å². The van der Waals surface area contributed by atoms with Crippen LogP contribution in [0.1, 0.15) is 151 Å². The normalized spacial score (nSPS) is 15.9. The molecule has 8 nitrogen and oxygen atoms in total. The highest BCUT2D eigenvalue weighted by Crippen LogP contribution is 2.14. The maximum absolute atomic E-state index is 12.1. The summed E-state index contributed by atoms with van der Waals surface area (Å²) in [4.78, 5) is 12.1. The minimum Gasteiger partial charge on any atom is -0.463 e. The number of hydrogen-bond donors (Lipinski definition) is 1. The van der Waals surface area contributed by atoms with Gasteiger partial charge in [0.2, 0.25) is 0 Å². The van der Waals surface area contributed by atoms with Crippen molar-refractivity contribution >= 4 is 5.97 Å². The molecule has 1 N–H and O–H groups in total. The Morgan fingerprint density at radius 1 is 0.455 bits per heavy atom. The fraction of sp³-hybridized carbons (Fsp3) is 0.972. The highest BCUT2D eigenvalue weighted by Gasteiger charge is 2.14. The van der Waals surface area contributed by atoms with Gasteiger partial charge < -0.3 is 33.5 Å². The quantitative estimate of drug-likeness (QED) is 0.0572. The molecule has 0 saturated carbocycles. The highest BCUT2D eigenvalue weighted by atomic mass is 16.6. The van der Waals surface area contributed by atoms with E-state index in [1.54, 1.807) is 6.92 Å². The van der Waals surface area contributed by atoms with Crippen molar-refractivity contribution in [2.75, 3.05) is 39.6 Å². The van der Waals surface area contributed by atoms with Crippen molar-refractivity contribution in [2.45, 2.75) is 188 Å². The summed E-state index contributed by atoms with van der Waals surface area (Å²) in [5, 5.41) is 9.28. The lowest BCUT2D eigenvalue weighted by Gasteiger charge is -2.22. The van der Waals surface area contributed by atoms with Gasteiger partial charge >= 0.3 is 5.97 Å². The first kappa shape index (κ1) is 43.2. The minimum absolute atomic E-state index is 0.0708. The summed E-state index contributed by atoms with van der Waals surface area (Å²) < 4.78 is 34.2. The summed E-state index contributed by atoms with van der Waals surface area (Å²) in [6.45, 7) is 16.0. The molecule has 0 aromatic heterocycles. The number of carbonyl (C=O) groups excluding carboxylic acids is 1. The van der Waals surface area contributed by atoms with E-state index >= 15 is 0 Å². The second-order valence-electron chi connectivity index (χ2n) is 13.0. The number of carbonyl (C=O) groups is 1. The monoisotopic (exact) mass is 633 g/mol. The molecule has 0 amide bonds. The van der Waals surface area contributed by atoms with Gasteiger partial charge in [-0.2, -0.15) is 0 Å². The first-order valence-corrected chi connectivity index (χ1v) is 18.1. The van der Waals surface area contributed by atoms with Gasteiger partial charge in [-0.15, -0.1) is 0 Å². The van der Waals surface area contributed by atoms with Crippen LogP contribution in [0.4, 0.5) is 0 Å². The summed E-state index contributed by atoms with van der Waals surface area (Å²) >= 11 is 0. The zero-order valence-corrected chi connectivity index (χ0v) is 29.8. The van der Waals surface area contributed by atoms with Crippen LogP contribution >= 0.6 is 0 Å². The van der Waals surface area contributed by atoms with Crippen LogP contribution in [0.5, 0.6) is 0 Å². The van der Waals surface area contributed by atoms with Crippen LogP contribution in [0.15, 0.2) is 0 Å². The molecule has 0 aliphatic carbocycles. The van der Waals surface area contributed by atoms with E-state index in [2.05, 4.69) is 6.92 Å². The predicted molar refractivity (Wildman–Crippen MR) is 179 cm³/mol. The Balaban J connectivity index is 3.62. The summed E-state index contributed by atoms with van der Waals surface area (Å²) in [5.74, 6) is -0.134. The van der Waals surface area contributed by atoms with Crippen molar-refractivity contribution in [3.05, 3.63) is 0 Å². The second kappa shape index (κ2) is 30.9. The number of aliphatic hydroxyl groups is 1. The van der Waals surface area contributed by atoms with Gasteiger partial charge in [-0.1, -0.05) is 96.8 Å². The van der Waals surface area contributed by atoms with Crippen LogP contribution in [0, 0.1) is 0 Å². The van der Waals surface area contributed by atoms with Gasteiger partial charge in [0.15, 0.2) is 0 Å². The van der Waals surface area contributed by atoms with Gasteiger partial charge in [0, 0.05) is 6.42 Å². The molecule has 0 aliphatic heterocycles. The third-order valence-electron chi connectivity index (χ3n) is 7.55. The van der Waals surface area contributed by atoms with E-state index in [9.17, 15) is 9.90 Å². The lowest BCUT2D eigenvalue weighted by Crippen LogP contribution is -2.29. The second-order valence-corrected chi connectivity index (χ2v) is 13.0. The third-order valence-corrected chi connectivity index (χ3v) is 7.55. The molecule has 264 valence electrons. The zero-order chi connectivity index (χ0) is 32.8. The summed E-state index contributed by atoms with van der Waals surface area (Å²) in [5.41, 5.74) is 0. The first-order valence-electron chi connectivity index (χ1n) is 18.1. The molecule has 44 heavy (non-hydrogen) atoms. The Morgan fingerprint density at radius 3 is 1.09 bits per heavy atom. The van der Waals surface area contributed by atoms with Crippen LogP contribution in [0.25, 0.3) is 0 Å². The largest absolute Gasteiger partial charge is 0.463 e. The van der Waals surface area contributed by atoms with E-state index in [1.807, 2.05) is 34.6 Å². The Labute approximate surface area is 271 Å². The molecule has 0 saturated heterocycles. The zero-order valence-electron chi connectivity index (χ0n) is 29.8. The molecule has 6 unspecified atom stereocenters. The fourth-order valence-electron chi connectivity index (χ4n) is 4.67. The Kier molecular flexibility index (Phi) is 30.3. The van der Waals surface area contributed by atoms with Crippen molar-refractivity contribution in [1.82, 2.24) is 0 Å². The minimum atomic E-state index is -0.481. The number of rotatable bonds is 33. The average Bonchev–Trinajstić information content (AvgIpc) is 3.00. The van der Waals surface area contributed by atoms with E-state index in [-0.39, 0.29) is 43.1 Å².